The van der Waals surface area contributed by atoms with Crippen LogP contribution in [-0.4, -0.2) is 30.3 Å². The highest BCUT2D eigenvalue weighted by molar-refractivity contribution is 6.35. The van der Waals surface area contributed by atoms with Crippen molar-refractivity contribution in [1.29, 1.82) is 0 Å². The topological polar surface area (TPSA) is 94.2 Å². The third-order valence-corrected chi connectivity index (χ3v) is 5.87. The van der Waals surface area contributed by atoms with Crippen LogP contribution < -0.4 is 10.9 Å². The number of para-hydroxylation sites is 1. The van der Waals surface area contributed by atoms with E-state index in [0.29, 0.717) is 44.0 Å². The van der Waals surface area contributed by atoms with Crippen LogP contribution in [0.5, 0.6) is 0 Å². The lowest BCUT2D eigenvalue weighted by atomic mass is 10.1. The minimum atomic E-state index is -0.507. The van der Waals surface area contributed by atoms with E-state index in [2.05, 4.69) is 20.5 Å². The molecule has 8 nitrogen and oxygen atoms in total. The predicted octanol–water partition coefficient (Wildman–Crippen LogP) is 3.88. The number of nitrogens with one attached hydrogen (secondary N) is 1. The maximum atomic E-state index is 13.6. The number of aromatic nitrogens is 5. The van der Waals surface area contributed by atoms with Gasteiger partial charge in [-0.05, 0) is 43.5 Å². The highest BCUT2D eigenvalue weighted by atomic mass is 35.5. The molecule has 2 aromatic carbocycles. The summed E-state index contributed by atoms with van der Waals surface area (Å²) in [5.74, 6) is -0.331. The molecule has 1 N–H and O–H groups in total. The minimum absolute atomic E-state index is 0.249. The van der Waals surface area contributed by atoms with Gasteiger partial charge in [-0.1, -0.05) is 41.9 Å². The van der Waals surface area contributed by atoms with E-state index in [-0.39, 0.29) is 11.5 Å². The molecule has 0 fully saturated rings. The Morgan fingerprint density at radius 2 is 1.91 bits per heavy atom. The molecule has 0 aliphatic carbocycles. The molecule has 0 saturated heterocycles. The highest BCUT2D eigenvalue weighted by Crippen LogP contribution is 2.26. The van der Waals surface area contributed by atoms with Crippen LogP contribution in [0.15, 0.2) is 71.9 Å². The first-order chi connectivity index (χ1) is 16.0. The van der Waals surface area contributed by atoms with Gasteiger partial charge in [0.25, 0.3) is 11.5 Å². The second-order valence-electron chi connectivity index (χ2n) is 7.69. The van der Waals surface area contributed by atoms with Crippen LogP contribution in [0.25, 0.3) is 22.0 Å². The smallest absolute Gasteiger partial charge is 0.264 e. The summed E-state index contributed by atoms with van der Waals surface area (Å²) in [6.07, 6.45) is 2.91. The molecule has 1 amide bonds. The molecule has 0 radical (unpaired) electrons. The van der Waals surface area contributed by atoms with Crippen molar-refractivity contribution < 1.29 is 4.79 Å². The Kier molecular flexibility index (Phi) is 5.14. The van der Waals surface area contributed by atoms with E-state index < -0.39 is 6.04 Å². The molecule has 0 aliphatic heterocycles. The van der Waals surface area contributed by atoms with Crippen LogP contribution in [0.2, 0.25) is 5.02 Å². The first kappa shape index (κ1) is 20.8. The number of fused-ring (bicyclic) bond motifs is 2. The van der Waals surface area contributed by atoms with E-state index in [4.69, 9.17) is 11.6 Å². The van der Waals surface area contributed by atoms with Gasteiger partial charge in [0.2, 0.25) is 0 Å². The molecule has 0 spiro atoms. The predicted molar refractivity (Wildman–Crippen MR) is 126 cm³/mol. The first-order valence-electron chi connectivity index (χ1n) is 10.3. The lowest BCUT2D eigenvalue weighted by Crippen LogP contribution is -2.32. The maximum absolute atomic E-state index is 13.6. The number of benzene rings is 2. The van der Waals surface area contributed by atoms with Crippen LogP contribution in [0.3, 0.4) is 0 Å². The molecule has 3 aromatic heterocycles. The van der Waals surface area contributed by atoms with Crippen molar-refractivity contribution in [1.82, 2.24) is 29.7 Å². The number of carbonyl (C=O) groups excluding carboxylic acids is 1. The second kappa shape index (κ2) is 8.14. The monoisotopic (exact) mass is 458 g/mol. The fourth-order valence-electron chi connectivity index (χ4n) is 4.04. The van der Waals surface area contributed by atoms with Gasteiger partial charge in [0, 0.05) is 11.4 Å². The normalized spacial score (nSPS) is 12.2. The summed E-state index contributed by atoms with van der Waals surface area (Å²) in [5.41, 5.74) is 2.48. The van der Waals surface area contributed by atoms with E-state index in [1.165, 1.54) is 11.0 Å². The molecular formula is C24H19ClN6O2. The van der Waals surface area contributed by atoms with Gasteiger partial charge in [0.05, 0.1) is 33.9 Å². The van der Waals surface area contributed by atoms with Gasteiger partial charge >= 0.3 is 0 Å². The Hall–Kier alpha value is -4.04. The lowest BCUT2D eigenvalue weighted by Gasteiger charge is -2.21. The number of pyridine rings is 1. The summed E-state index contributed by atoms with van der Waals surface area (Å²) < 4.78 is 2.96. The van der Waals surface area contributed by atoms with E-state index in [0.717, 1.165) is 0 Å². The van der Waals surface area contributed by atoms with Gasteiger partial charge in [0.1, 0.15) is 11.8 Å². The number of hydrogen-bond acceptors (Lipinski definition) is 5. The Balaban J connectivity index is 1.64. The molecule has 0 bridgehead atoms. The summed E-state index contributed by atoms with van der Waals surface area (Å²) in [7, 11) is 0. The Labute approximate surface area is 193 Å². The largest absolute Gasteiger partial charge is 0.344 e. The Morgan fingerprint density at radius 1 is 1.12 bits per heavy atom. The van der Waals surface area contributed by atoms with Crippen LogP contribution in [-0.2, 0) is 0 Å². The number of halogens is 1. The number of carbonyl (C=O) groups is 1. The minimum Gasteiger partial charge on any atom is -0.344 e. The Bertz CT molecular complexity index is 1580. The molecule has 1 atom stereocenters. The summed E-state index contributed by atoms with van der Waals surface area (Å²) in [5, 5.41) is 12.9. The van der Waals surface area contributed by atoms with E-state index in [1.807, 2.05) is 49.4 Å². The molecule has 0 aliphatic rings. The average Bonchev–Trinajstić information content (AvgIpc) is 3.15. The van der Waals surface area contributed by atoms with Gasteiger partial charge in [-0.3, -0.25) is 14.2 Å². The third kappa shape index (κ3) is 3.54. The lowest BCUT2D eigenvalue weighted by molar-refractivity contribution is 0.0939. The first-order valence-corrected chi connectivity index (χ1v) is 10.7. The van der Waals surface area contributed by atoms with Crippen molar-refractivity contribution in [3.8, 4) is 5.69 Å². The molecule has 5 aromatic rings. The molecule has 0 saturated carbocycles. The highest BCUT2D eigenvalue weighted by Gasteiger charge is 2.23. The van der Waals surface area contributed by atoms with Gasteiger partial charge in [-0.2, -0.15) is 5.10 Å². The van der Waals surface area contributed by atoms with Crippen LogP contribution in [0.1, 0.15) is 34.7 Å². The molecule has 5 rings (SSSR count). The zero-order valence-corrected chi connectivity index (χ0v) is 18.6. The van der Waals surface area contributed by atoms with Gasteiger partial charge in [-0.25, -0.2) is 4.98 Å². The number of aryl methyl sites for hydroxylation is 1. The van der Waals surface area contributed by atoms with Crippen molar-refractivity contribution in [3.63, 3.8) is 0 Å². The second-order valence-corrected chi connectivity index (χ2v) is 8.10. The van der Waals surface area contributed by atoms with Crippen molar-refractivity contribution in [3.05, 3.63) is 99.4 Å². The number of hydrogen-bond donors (Lipinski definition) is 1. The van der Waals surface area contributed by atoms with E-state index in [1.54, 1.807) is 29.8 Å². The maximum Gasteiger partial charge on any atom is 0.264 e. The molecule has 33 heavy (non-hydrogen) atoms. The third-order valence-electron chi connectivity index (χ3n) is 5.56. The summed E-state index contributed by atoms with van der Waals surface area (Å²) in [4.78, 5) is 30.8. The van der Waals surface area contributed by atoms with Crippen LogP contribution in [0.4, 0.5) is 0 Å². The molecule has 0 unspecified atom stereocenters. The fraction of sp³-hybridized carbons (Fsp3) is 0.125. The van der Waals surface area contributed by atoms with Gasteiger partial charge < -0.3 is 5.32 Å². The number of amides is 1. The molecule has 164 valence electrons. The zero-order chi connectivity index (χ0) is 23.1. The van der Waals surface area contributed by atoms with Crippen molar-refractivity contribution in [2.24, 2.45) is 0 Å². The average molecular weight is 459 g/mol. The van der Waals surface area contributed by atoms with Gasteiger partial charge in [0.15, 0.2) is 0 Å². The van der Waals surface area contributed by atoms with E-state index >= 15 is 0 Å². The van der Waals surface area contributed by atoms with Gasteiger partial charge in [-0.15, -0.1) is 9.73 Å². The number of rotatable bonds is 4. The van der Waals surface area contributed by atoms with Crippen molar-refractivity contribution in [2.45, 2.75) is 19.9 Å². The fourth-order valence-corrected chi connectivity index (χ4v) is 4.31. The van der Waals surface area contributed by atoms with Crippen molar-refractivity contribution in [2.75, 3.05) is 0 Å². The molecular weight excluding hydrogens is 440 g/mol. The molecule has 9 heteroatoms. The van der Waals surface area contributed by atoms with Crippen molar-refractivity contribution >= 4 is 33.8 Å². The van der Waals surface area contributed by atoms with Crippen LogP contribution >= 0.6 is 11.6 Å². The number of nitrogens with zero attached hydrogens (tertiary/aromatic N) is 5. The summed E-state index contributed by atoms with van der Waals surface area (Å²) in [6, 6.07) is 16.0. The molecule has 3 heterocycles. The standard InChI is InChI=1S/C24H19ClN6O2/c1-14(28-23(32)21-15(2)29-31-20(21)12-26-13-27-31)19-11-16-7-6-10-18(25)22(16)24(33)30(19)17-8-4-3-5-9-17/h3-14H,1-2H3,(H,28,32)/t14-/m0/s1. The quantitative estimate of drug-likeness (QED) is 0.441. The summed E-state index contributed by atoms with van der Waals surface area (Å²) in [6.45, 7) is 3.58. The van der Waals surface area contributed by atoms with E-state index in [9.17, 15) is 9.59 Å². The summed E-state index contributed by atoms with van der Waals surface area (Å²) >= 11 is 6.37. The zero-order valence-electron chi connectivity index (χ0n) is 17.9. The SMILES string of the molecule is Cc1nn2ncncc2c1C(=O)N[C@@H](C)c1cc2cccc(Cl)c2c(=O)n1-c1ccccc1. The Morgan fingerprint density at radius 3 is 2.70 bits per heavy atom. The van der Waals surface area contributed by atoms with Crippen LogP contribution in [0, 0.1) is 6.92 Å².